The molecule has 0 aromatic carbocycles. The lowest BCUT2D eigenvalue weighted by atomic mass is 9.70. The third-order valence-electron chi connectivity index (χ3n) is 4.93. The first kappa shape index (κ1) is 11.9. The molecule has 0 bridgehead atoms. The highest BCUT2D eigenvalue weighted by atomic mass is 16.4. The van der Waals surface area contributed by atoms with Gasteiger partial charge in [0.05, 0.1) is 5.92 Å². The smallest absolute Gasteiger partial charge is 0.307 e. The van der Waals surface area contributed by atoms with E-state index in [1.54, 1.807) is 0 Å². The molecule has 16 heavy (non-hydrogen) atoms. The van der Waals surface area contributed by atoms with E-state index >= 15 is 0 Å². The topological polar surface area (TPSA) is 37.3 Å². The lowest BCUT2D eigenvalue weighted by molar-refractivity contribution is -0.139. The van der Waals surface area contributed by atoms with Crippen molar-refractivity contribution < 1.29 is 9.90 Å². The first-order chi connectivity index (χ1) is 7.26. The Morgan fingerprint density at radius 3 is 2.31 bits per heavy atom. The standard InChI is InChI=1S/C14H24O2/c1-13(2)7-5-6-9(8-13)10-11(12(15)16)14(10,3)4/h9-11H,5-8H2,1-4H3,(H,15,16). The second-order valence-corrected chi connectivity index (χ2v) is 7.18. The fraction of sp³-hybridized carbons (Fsp3) is 0.929. The van der Waals surface area contributed by atoms with Gasteiger partial charge in [0.25, 0.3) is 0 Å². The summed E-state index contributed by atoms with van der Waals surface area (Å²) in [6.45, 7) is 8.89. The minimum atomic E-state index is -0.585. The molecule has 92 valence electrons. The number of aliphatic carboxylic acids is 1. The van der Waals surface area contributed by atoms with E-state index in [0.717, 1.165) is 0 Å². The average molecular weight is 224 g/mol. The second-order valence-electron chi connectivity index (χ2n) is 7.18. The summed E-state index contributed by atoms with van der Waals surface area (Å²) in [6.07, 6.45) is 5.02. The van der Waals surface area contributed by atoms with E-state index in [-0.39, 0.29) is 11.3 Å². The monoisotopic (exact) mass is 224 g/mol. The molecule has 3 atom stereocenters. The van der Waals surface area contributed by atoms with Crippen molar-refractivity contribution in [3.63, 3.8) is 0 Å². The van der Waals surface area contributed by atoms with Gasteiger partial charge in [-0.3, -0.25) is 4.79 Å². The minimum Gasteiger partial charge on any atom is -0.481 e. The van der Waals surface area contributed by atoms with Gasteiger partial charge in [0.15, 0.2) is 0 Å². The molecule has 2 aliphatic carbocycles. The molecule has 2 aliphatic rings. The summed E-state index contributed by atoms with van der Waals surface area (Å²) >= 11 is 0. The van der Waals surface area contributed by atoms with Crippen LogP contribution in [-0.2, 0) is 4.79 Å². The average Bonchev–Trinajstić information content (AvgIpc) is 2.67. The summed E-state index contributed by atoms with van der Waals surface area (Å²) in [5.74, 6) is 0.384. The molecule has 2 heteroatoms. The molecule has 0 spiro atoms. The summed E-state index contributed by atoms with van der Waals surface area (Å²) in [5.41, 5.74) is 0.453. The zero-order chi connectivity index (χ0) is 12.1. The molecule has 3 unspecified atom stereocenters. The van der Waals surface area contributed by atoms with Gasteiger partial charge in [-0.05, 0) is 35.5 Å². The van der Waals surface area contributed by atoms with Crippen LogP contribution in [0.15, 0.2) is 0 Å². The number of carboxylic acids is 1. The van der Waals surface area contributed by atoms with Crippen molar-refractivity contribution in [3.8, 4) is 0 Å². The van der Waals surface area contributed by atoms with Crippen LogP contribution in [0.1, 0.15) is 53.4 Å². The fourth-order valence-electron chi connectivity index (χ4n) is 4.09. The molecule has 0 saturated heterocycles. The van der Waals surface area contributed by atoms with Gasteiger partial charge in [-0.2, -0.15) is 0 Å². The maximum atomic E-state index is 11.2. The molecule has 0 amide bonds. The molecule has 0 heterocycles. The van der Waals surface area contributed by atoms with Crippen LogP contribution in [0.5, 0.6) is 0 Å². The summed E-state index contributed by atoms with van der Waals surface area (Å²) in [4.78, 5) is 11.2. The summed E-state index contributed by atoms with van der Waals surface area (Å²) in [6, 6.07) is 0. The van der Waals surface area contributed by atoms with Gasteiger partial charge in [-0.25, -0.2) is 0 Å². The first-order valence-electron chi connectivity index (χ1n) is 6.48. The van der Waals surface area contributed by atoms with Crippen molar-refractivity contribution in [2.24, 2.45) is 28.6 Å². The van der Waals surface area contributed by atoms with Gasteiger partial charge >= 0.3 is 5.97 Å². The van der Waals surface area contributed by atoms with Crippen molar-refractivity contribution in [1.82, 2.24) is 0 Å². The Bertz CT molecular complexity index is 304. The number of carbonyl (C=O) groups is 1. The van der Waals surface area contributed by atoms with Crippen LogP contribution >= 0.6 is 0 Å². The van der Waals surface area contributed by atoms with Crippen LogP contribution in [0.3, 0.4) is 0 Å². The van der Waals surface area contributed by atoms with Gasteiger partial charge in [0.2, 0.25) is 0 Å². The van der Waals surface area contributed by atoms with Crippen LogP contribution < -0.4 is 0 Å². The molecule has 0 aromatic rings. The minimum absolute atomic E-state index is 0.0317. The maximum absolute atomic E-state index is 11.2. The molecular weight excluding hydrogens is 200 g/mol. The number of hydrogen-bond acceptors (Lipinski definition) is 1. The Hall–Kier alpha value is -0.530. The Balaban J connectivity index is 2.07. The lowest BCUT2D eigenvalue weighted by Gasteiger charge is -2.36. The highest BCUT2D eigenvalue weighted by Crippen LogP contribution is 2.65. The maximum Gasteiger partial charge on any atom is 0.307 e. The van der Waals surface area contributed by atoms with E-state index in [0.29, 0.717) is 17.3 Å². The van der Waals surface area contributed by atoms with Crippen LogP contribution in [0.4, 0.5) is 0 Å². The Kier molecular flexibility index (Phi) is 2.60. The molecule has 0 aromatic heterocycles. The number of carboxylic acid groups (broad SMARTS) is 1. The Morgan fingerprint density at radius 2 is 1.88 bits per heavy atom. The van der Waals surface area contributed by atoms with Gasteiger partial charge in [-0.1, -0.05) is 40.5 Å². The third-order valence-corrected chi connectivity index (χ3v) is 4.93. The van der Waals surface area contributed by atoms with E-state index in [1.165, 1.54) is 25.7 Å². The van der Waals surface area contributed by atoms with Crippen molar-refractivity contribution in [2.45, 2.75) is 53.4 Å². The first-order valence-corrected chi connectivity index (χ1v) is 6.48. The highest BCUT2D eigenvalue weighted by Gasteiger charge is 2.64. The van der Waals surface area contributed by atoms with E-state index in [9.17, 15) is 9.90 Å². The SMILES string of the molecule is CC1(C)CCCC(C2C(C(=O)O)C2(C)C)C1. The third kappa shape index (κ3) is 1.87. The Labute approximate surface area is 98.4 Å². The normalized spacial score (nSPS) is 40.4. The predicted octanol–water partition coefficient (Wildman–Crippen LogP) is 3.56. The van der Waals surface area contributed by atoms with E-state index in [1.807, 2.05) is 0 Å². The van der Waals surface area contributed by atoms with Crippen molar-refractivity contribution in [1.29, 1.82) is 0 Å². The predicted molar refractivity (Wildman–Crippen MR) is 64.1 cm³/mol. The van der Waals surface area contributed by atoms with E-state index < -0.39 is 5.97 Å². The molecule has 2 saturated carbocycles. The van der Waals surface area contributed by atoms with Crippen molar-refractivity contribution in [3.05, 3.63) is 0 Å². The number of hydrogen-bond donors (Lipinski definition) is 1. The molecule has 0 radical (unpaired) electrons. The Morgan fingerprint density at radius 1 is 1.25 bits per heavy atom. The van der Waals surface area contributed by atoms with Crippen LogP contribution in [0.2, 0.25) is 0 Å². The quantitative estimate of drug-likeness (QED) is 0.778. The van der Waals surface area contributed by atoms with Crippen molar-refractivity contribution in [2.75, 3.05) is 0 Å². The van der Waals surface area contributed by atoms with Gasteiger partial charge in [0, 0.05) is 0 Å². The lowest BCUT2D eigenvalue weighted by Crippen LogP contribution is -2.25. The van der Waals surface area contributed by atoms with Gasteiger partial charge in [-0.15, -0.1) is 0 Å². The molecule has 1 N–H and O–H groups in total. The summed E-state index contributed by atoms with van der Waals surface area (Å²) in [5, 5.41) is 9.22. The second kappa shape index (κ2) is 3.48. The summed E-state index contributed by atoms with van der Waals surface area (Å²) < 4.78 is 0. The zero-order valence-corrected chi connectivity index (χ0v) is 10.9. The van der Waals surface area contributed by atoms with Gasteiger partial charge < -0.3 is 5.11 Å². The molecular formula is C14H24O2. The zero-order valence-electron chi connectivity index (χ0n) is 10.9. The molecule has 0 aliphatic heterocycles. The van der Waals surface area contributed by atoms with E-state index in [4.69, 9.17) is 0 Å². The fourth-order valence-corrected chi connectivity index (χ4v) is 4.09. The largest absolute Gasteiger partial charge is 0.481 e. The van der Waals surface area contributed by atoms with E-state index in [2.05, 4.69) is 27.7 Å². The van der Waals surface area contributed by atoms with Crippen LogP contribution in [0.25, 0.3) is 0 Å². The molecule has 2 nitrogen and oxygen atoms in total. The van der Waals surface area contributed by atoms with Crippen molar-refractivity contribution >= 4 is 5.97 Å². The highest BCUT2D eigenvalue weighted by molar-refractivity contribution is 5.75. The molecule has 2 fully saturated rings. The van der Waals surface area contributed by atoms with Crippen LogP contribution in [-0.4, -0.2) is 11.1 Å². The van der Waals surface area contributed by atoms with Crippen LogP contribution in [0, 0.1) is 28.6 Å². The molecule has 2 rings (SSSR count). The van der Waals surface area contributed by atoms with Gasteiger partial charge in [0.1, 0.15) is 0 Å². The summed E-state index contributed by atoms with van der Waals surface area (Å²) in [7, 11) is 0. The number of rotatable bonds is 2.